The highest BCUT2D eigenvalue weighted by atomic mass is 35.5. The quantitative estimate of drug-likeness (QED) is 0.434. The Morgan fingerprint density at radius 2 is 2.14 bits per heavy atom. The molecule has 4 aromatic rings. The van der Waals surface area contributed by atoms with E-state index in [-0.39, 0.29) is 40.7 Å². The van der Waals surface area contributed by atoms with Crippen molar-refractivity contribution >= 4 is 17.6 Å². The highest BCUT2D eigenvalue weighted by Crippen LogP contribution is 2.27. The summed E-state index contributed by atoms with van der Waals surface area (Å²) >= 11 is 5.79. The van der Waals surface area contributed by atoms with Crippen LogP contribution in [0.4, 0.5) is 10.4 Å². The van der Waals surface area contributed by atoms with Crippen molar-refractivity contribution in [3.8, 4) is 23.1 Å². The number of hydrogen-bond donors (Lipinski definition) is 1. The van der Waals surface area contributed by atoms with Crippen molar-refractivity contribution in [2.45, 2.75) is 6.92 Å². The molecule has 0 fully saturated rings. The van der Waals surface area contributed by atoms with E-state index in [9.17, 15) is 9.18 Å². The third-order valence-corrected chi connectivity index (χ3v) is 3.87. The largest absolute Gasteiger partial charge is 0.472 e. The molecule has 1 aromatic carbocycles. The Bertz CT molecular complexity index is 1200. The van der Waals surface area contributed by atoms with Gasteiger partial charge in [-0.15, -0.1) is 5.10 Å². The van der Waals surface area contributed by atoms with Crippen LogP contribution in [-0.4, -0.2) is 43.4 Å². The van der Waals surface area contributed by atoms with Gasteiger partial charge in [-0.05, 0) is 28.5 Å². The van der Waals surface area contributed by atoms with E-state index in [1.54, 1.807) is 6.92 Å². The number of nitrogens with zero attached hydrogens (tertiary/aromatic N) is 6. The van der Waals surface area contributed by atoms with E-state index in [0.717, 1.165) is 10.6 Å². The lowest BCUT2D eigenvalue weighted by Crippen LogP contribution is -2.14. The summed E-state index contributed by atoms with van der Waals surface area (Å²) < 4.78 is 34.5. The first kappa shape index (κ1) is 18.6. The molecule has 0 unspecified atom stereocenters. The van der Waals surface area contributed by atoms with E-state index in [2.05, 4.69) is 31.0 Å². The fourth-order valence-electron chi connectivity index (χ4n) is 2.34. The van der Waals surface area contributed by atoms with Gasteiger partial charge in [-0.1, -0.05) is 21.9 Å². The van der Waals surface area contributed by atoms with E-state index < -0.39 is 11.6 Å². The average molecular weight is 424 g/mol. The predicted octanol–water partition coefficient (Wildman–Crippen LogP) is 1.85. The highest BCUT2D eigenvalue weighted by Gasteiger charge is 2.24. The first-order valence-corrected chi connectivity index (χ1v) is 8.44. The molecule has 0 radical (unpaired) electrons. The first-order chi connectivity index (χ1) is 14.0. The molecular weight excluding hydrogens is 413 g/mol. The Labute approximate surface area is 165 Å². The van der Waals surface area contributed by atoms with Crippen LogP contribution in [-0.2, 0) is 0 Å². The number of benzene rings is 1. The summed E-state index contributed by atoms with van der Waals surface area (Å²) in [6, 6.07) is 3.91. The van der Waals surface area contributed by atoms with Crippen LogP contribution in [0, 0.1) is 12.7 Å². The SMILES string of the molecule is Cc1nnc(NCCOc2nonc2-c2noc(=O)n2-c2ccc(F)c(Cl)c2)o1. The van der Waals surface area contributed by atoms with Crippen LogP contribution in [0.5, 0.6) is 5.88 Å². The van der Waals surface area contributed by atoms with E-state index in [1.807, 2.05) is 0 Å². The summed E-state index contributed by atoms with van der Waals surface area (Å²) in [6.45, 7) is 2.08. The van der Waals surface area contributed by atoms with Crippen molar-refractivity contribution in [2.75, 3.05) is 18.5 Å². The Kier molecular flexibility index (Phi) is 4.95. The maximum Gasteiger partial charge on any atom is 0.446 e. The van der Waals surface area contributed by atoms with Gasteiger partial charge in [0.2, 0.25) is 17.4 Å². The van der Waals surface area contributed by atoms with Crippen LogP contribution in [0.2, 0.25) is 5.02 Å². The van der Waals surface area contributed by atoms with Gasteiger partial charge in [0, 0.05) is 6.92 Å². The number of aromatic nitrogens is 6. The zero-order chi connectivity index (χ0) is 20.4. The number of hydrogen-bond acceptors (Lipinski definition) is 11. The Morgan fingerprint density at radius 3 is 2.90 bits per heavy atom. The molecule has 3 aromatic heterocycles. The molecule has 0 saturated carbocycles. The van der Waals surface area contributed by atoms with E-state index in [0.29, 0.717) is 12.4 Å². The molecule has 29 heavy (non-hydrogen) atoms. The summed E-state index contributed by atoms with van der Waals surface area (Å²) in [5, 5.41) is 21.2. The molecular formula is C15H11ClFN7O5. The minimum atomic E-state index is -0.843. The van der Waals surface area contributed by atoms with Crippen LogP contribution >= 0.6 is 11.6 Å². The molecule has 0 bridgehead atoms. The molecule has 0 spiro atoms. The maximum absolute atomic E-state index is 13.4. The van der Waals surface area contributed by atoms with Crippen LogP contribution in [0.1, 0.15) is 5.89 Å². The minimum absolute atomic E-state index is 0.00457. The molecule has 0 aliphatic heterocycles. The van der Waals surface area contributed by atoms with Crippen LogP contribution in [0.15, 0.2) is 36.6 Å². The summed E-state index contributed by atoms with van der Waals surface area (Å²) in [4.78, 5) is 12.1. The monoisotopic (exact) mass is 423 g/mol. The number of rotatable bonds is 7. The van der Waals surface area contributed by atoms with Gasteiger partial charge in [0.25, 0.3) is 5.88 Å². The summed E-state index contributed by atoms with van der Waals surface area (Å²) in [5.74, 6) is -1.16. The molecule has 0 amide bonds. The Balaban J connectivity index is 1.54. The van der Waals surface area contributed by atoms with E-state index >= 15 is 0 Å². The van der Waals surface area contributed by atoms with Crippen molar-refractivity contribution in [1.82, 2.24) is 30.2 Å². The molecule has 1 N–H and O–H groups in total. The lowest BCUT2D eigenvalue weighted by Gasteiger charge is -2.05. The van der Waals surface area contributed by atoms with Crippen molar-refractivity contribution in [3.05, 3.63) is 45.5 Å². The Morgan fingerprint density at radius 1 is 1.28 bits per heavy atom. The van der Waals surface area contributed by atoms with Gasteiger partial charge in [0.05, 0.1) is 17.3 Å². The molecule has 0 saturated heterocycles. The number of ether oxygens (including phenoxy) is 1. The first-order valence-electron chi connectivity index (χ1n) is 8.07. The summed E-state index contributed by atoms with van der Waals surface area (Å²) in [6.07, 6.45) is 0. The van der Waals surface area contributed by atoms with Gasteiger partial charge in [-0.25, -0.2) is 18.4 Å². The average Bonchev–Trinajstić information content (AvgIpc) is 3.41. The minimum Gasteiger partial charge on any atom is -0.472 e. The summed E-state index contributed by atoms with van der Waals surface area (Å²) in [5.41, 5.74) is 0.213. The zero-order valence-corrected chi connectivity index (χ0v) is 15.4. The van der Waals surface area contributed by atoms with E-state index in [1.165, 1.54) is 12.1 Å². The lowest BCUT2D eigenvalue weighted by atomic mass is 10.3. The van der Waals surface area contributed by atoms with Crippen molar-refractivity contribution < 1.29 is 22.7 Å². The van der Waals surface area contributed by atoms with Gasteiger partial charge < -0.3 is 14.5 Å². The van der Waals surface area contributed by atoms with Gasteiger partial charge >= 0.3 is 11.8 Å². The van der Waals surface area contributed by atoms with Gasteiger partial charge in [-0.3, -0.25) is 4.52 Å². The lowest BCUT2D eigenvalue weighted by molar-refractivity contribution is 0.261. The number of nitrogens with one attached hydrogen (secondary N) is 1. The fourth-order valence-corrected chi connectivity index (χ4v) is 2.51. The number of aryl methyl sites for hydroxylation is 1. The predicted molar refractivity (Wildman–Crippen MR) is 93.4 cm³/mol. The van der Waals surface area contributed by atoms with Crippen LogP contribution < -0.4 is 15.8 Å². The fraction of sp³-hybridized carbons (Fsp3) is 0.200. The van der Waals surface area contributed by atoms with E-state index in [4.69, 9.17) is 29.9 Å². The van der Waals surface area contributed by atoms with Crippen LogP contribution in [0.3, 0.4) is 0 Å². The third kappa shape index (κ3) is 3.80. The van der Waals surface area contributed by atoms with Crippen molar-refractivity contribution in [3.63, 3.8) is 0 Å². The summed E-state index contributed by atoms with van der Waals surface area (Å²) in [7, 11) is 0. The second kappa shape index (κ2) is 7.71. The van der Waals surface area contributed by atoms with Gasteiger partial charge in [-0.2, -0.15) is 0 Å². The molecule has 0 aliphatic carbocycles. The molecule has 150 valence electrons. The number of halogens is 2. The maximum atomic E-state index is 13.4. The molecule has 14 heteroatoms. The second-order valence-corrected chi connectivity index (χ2v) is 5.93. The topological polar surface area (TPSA) is 147 Å². The molecule has 0 atom stereocenters. The van der Waals surface area contributed by atoms with Gasteiger partial charge in [0.15, 0.2) is 0 Å². The number of anilines is 1. The zero-order valence-electron chi connectivity index (χ0n) is 14.6. The smallest absolute Gasteiger partial charge is 0.446 e. The third-order valence-electron chi connectivity index (χ3n) is 3.58. The molecule has 3 heterocycles. The van der Waals surface area contributed by atoms with Crippen LogP contribution in [0.25, 0.3) is 17.2 Å². The Hall–Kier alpha value is -3.74. The molecule has 12 nitrogen and oxygen atoms in total. The standard InChI is InChI=1S/C15H11ClFN7O5/c1-7-19-20-14(27-7)18-4-5-26-13-11(21-29-23-13)12-22-28-15(25)24(12)8-2-3-10(17)9(16)6-8/h2-3,6H,4-5H2,1H3,(H,18,20). The normalized spacial score (nSPS) is 11.0. The van der Waals surface area contributed by atoms with Crippen molar-refractivity contribution in [1.29, 1.82) is 0 Å². The second-order valence-electron chi connectivity index (χ2n) is 5.53. The molecule has 4 rings (SSSR count). The van der Waals surface area contributed by atoms with Crippen molar-refractivity contribution in [2.24, 2.45) is 0 Å². The highest BCUT2D eigenvalue weighted by molar-refractivity contribution is 6.30. The van der Waals surface area contributed by atoms with Gasteiger partial charge in [0.1, 0.15) is 12.4 Å². The molecule has 0 aliphatic rings.